The van der Waals surface area contributed by atoms with Crippen LogP contribution in [0.2, 0.25) is 0 Å². The van der Waals surface area contributed by atoms with Crippen molar-refractivity contribution in [2.24, 2.45) is 5.73 Å². The van der Waals surface area contributed by atoms with Crippen molar-refractivity contribution in [3.8, 4) is 0 Å². The van der Waals surface area contributed by atoms with Crippen LogP contribution in [0.1, 0.15) is 31.7 Å². The van der Waals surface area contributed by atoms with Gasteiger partial charge in [-0.25, -0.2) is 0 Å². The number of benzene rings is 1. The summed E-state index contributed by atoms with van der Waals surface area (Å²) in [7, 11) is 0. The van der Waals surface area contributed by atoms with Crippen molar-refractivity contribution in [3.63, 3.8) is 0 Å². The summed E-state index contributed by atoms with van der Waals surface area (Å²) in [5.41, 5.74) is 7.54. The summed E-state index contributed by atoms with van der Waals surface area (Å²) >= 11 is 0. The van der Waals surface area contributed by atoms with Gasteiger partial charge < -0.3 is 15.7 Å². The highest BCUT2D eigenvalue weighted by atomic mass is 16.4. The molecule has 0 aliphatic carbocycles. The number of carboxylic acids is 1. The van der Waals surface area contributed by atoms with Crippen LogP contribution in [0.5, 0.6) is 0 Å². The molecule has 0 fully saturated rings. The number of carboxylic acid groups (broad SMARTS) is 1. The van der Waals surface area contributed by atoms with Gasteiger partial charge in [0, 0.05) is 12.2 Å². The number of amides is 1. The van der Waals surface area contributed by atoms with E-state index < -0.39 is 12.0 Å². The van der Waals surface area contributed by atoms with E-state index in [9.17, 15) is 9.59 Å². The smallest absolute Gasteiger partial charge is 0.305 e. The zero-order valence-corrected chi connectivity index (χ0v) is 12.0. The van der Waals surface area contributed by atoms with Crippen LogP contribution in [-0.4, -0.2) is 29.6 Å². The maximum Gasteiger partial charge on any atom is 0.305 e. The summed E-state index contributed by atoms with van der Waals surface area (Å²) in [6, 6.07) is 6.82. The van der Waals surface area contributed by atoms with E-state index in [1.165, 1.54) is 4.90 Å². The number of rotatable bonds is 7. The van der Waals surface area contributed by atoms with E-state index in [4.69, 9.17) is 10.8 Å². The minimum atomic E-state index is -0.930. The molecule has 1 unspecified atom stereocenters. The average Bonchev–Trinajstić information content (AvgIpc) is 2.40. The Morgan fingerprint density at radius 3 is 2.55 bits per heavy atom. The molecule has 0 heterocycles. The van der Waals surface area contributed by atoms with E-state index in [0.29, 0.717) is 6.42 Å². The molecule has 1 rings (SSSR count). The molecular weight excluding hydrogens is 256 g/mol. The van der Waals surface area contributed by atoms with Crippen LogP contribution in [0.3, 0.4) is 0 Å². The van der Waals surface area contributed by atoms with Gasteiger partial charge in [0.05, 0.1) is 12.5 Å². The number of hydrogen-bond acceptors (Lipinski definition) is 3. The number of aliphatic carboxylic acids is 1. The number of anilines is 1. The fraction of sp³-hybridized carbons (Fsp3) is 0.467. The van der Waals surface area contributed by atoms with Crippen molar-refractivity contribution < 1.29 is 14.7 Å². The predicted octanol–water partition coefficient (Wildman–Crippen LogP) is 1.93. The minimum absolute atomic E-state index is 0.0983. The van der Waals surface area contributed by atoms with Gasteiger partial charge in [-0.15, -0.1) is 0 Å². The quantitative estimate of drug-likeness (QED) is 0.798. The molecule has 3 N–H and O–H groups in total. The lowest BCUT2D eigenvalue weighted by atomic mass is 10.1. The maximum atomic E-state index is 12.4. The van der Waals surface area contributed by atoms with Gasteiger partial charge in [0.1, 0.15) is 0 Å². The van der Waals surface area contributed by atoms with Crippen molar-refractivity contribution in [1.82, 2.24) is 0 Å². The molecule has 0 spiro atoms. The van der Waals surface area contributed by atoms with Gasteiger partial charge in [-0.3, -0.25) is 9.59 Å². The Bertz CT molecular complexity index is 474. The molecule has 0 saturated carbocycles. The Balaban J connectivity index is 2.99. The average molecular weight is 278 g/mol. The van der Waals surface area contributed by atoms with E-state index >= 15 is 0 Å². The second-order valence-electron chi connectivity index (χ2n) is 4.82. The molecular formula is C15H22N2O3. The molecule has 1 atom stereocenters. The lowest BCUT2D eigenvalue weighted by Gasteiger charge is -2.26. The zero-order chi connectivity index (χ0) is 15.1. The van der Waals surface area contributed by atoms with Crippen LogP contribution in [0.4, 0.5) is 5.69 Å². The number of nitrogens with zero attached hydrogens (tertiary/aromatic N) is 1. The lowest BCUT2D eigenvalue weighted by molar-refractivity contribution is -0.136. The lowest BCUT2D eigenvalue weighted by Crippen LogP contribution is -2.45. The van der Waals surface area contributed by atoms with E-state index in [1.807, 2.05) is 38.1 Å². The Morgan fingerprint density at radius 2 is 2.00 bits per heavy atom. The summed E-state index contributed by atoms with van der Waals surface area (Å²) in [5, 5.41) is 8.83. The third kappa shape index (κ3) is 4.35. The Hall–Kier alpha value is -1.88. The molecule has 1 aromatic carbocycles. The van der Waals surface area contributed by atoms with Gasteiger partial charge in [0.2, 0.25) is 5.91 Å². The van der Waals surface area contributed by atoms with Crippen molar-refractivity contribution in [2.45, 2.75) is 39.2 Å². The van der Waals surface area contributed by atoms with E-state index in [-0.39, 0.29) is 18.9 Å². The first kappa shape index (κ1) is 16.2. The number of para-hydroxylation sites is 1. The standard InChI is InChI=1S/C15H22N2O3/c1-3-6-12(16)15(20)17(10-9-14(18)19)13-8-5-4-7-11(13)2/h4-5,7-8,12H,3,6,9-10,16H2,1-2H3,(H,18,19). The van der Waals surface area contributed by atoms with Crippen LogP contribution in [0.15, 0.2) is 24.3 Å². The first-order chi connectivity index (χ1) is 9.47. The summed E-state index contributed by atoms with van der Waals surface area (Å²) in [4.78, 5) is 24.7. The Kier molecular flexibility index (Phi) is 6.18. The molecule has 1 aromatic rings. The topological polar surface area (TPSA) is 83.6 Å². The summed E-state index contributed by atoms with van der Waals surface area (Å²) < 4.78 is 0. The van der Waals surface area contributed by atoms with Crippen LogP contribution in [-0.2, 0) is 9.59 Å². The zero-order valence-electron chi connectivity index (χ0n) is 12.0. The molecule has 5 nitrogen and oxygen atoms in total. The predicted molar refractivity (Wildman–Crippen MR) is 78.7 cm³/mol. The van der Waals surface area contributed by atoms with Crippen molar-refractivity contribution in [1.29, 1.82) is 0 Å². The minimum Gasteiger partial charge on any atom is -0.481 e. The highest BCUT2D eigenvalue weighted by molar-refractivity contribution is 5.98. The first-order valence-corrected chi connectivity index (χ1v) is 6.81. The molecule has 0 saturated heterocycles. The fourth-order valence-corrected chi connectivity index (χ4v) is 2.06. The Labute approximate surface area is 119 Å². The third-order valence-corrected chi connectivity index (χ3v) is 3.14. The first-order valence-electron chi connectivity index (χ1n) is 6.81. The van der Waals surface area contributed by atoms with Crippen LogP contribution < -0.4 is 10.6 Å². The van der Waals surface area contributed by atoms with Gasteiger partial charge >= 0.3 is 5.97 Å². The summed E-state index contributed by atoms with van der Waals surface area (Å²) in [5.74, 6) is -1.15. The molecule has 5 heteroatoms. The van der Waals surface area contributed by atoms with Crippen LogP contribution in [0, 0.1) is 6.92 Å². The molecule has 0 aliphatic heterocycles. The molecule has 0 bridgehead atoms. The molecule has 0 aromatic heterocycles. The number of carbonyl (C=O) groups is 2. The van der Waals surface area contributed by atoms with Crippen molar-refractivity contribution >= 4 is 17.6 Å². The summed E-state index contributed by atoms with van der Waals surface area (Å²) in [6.07, 6.45) is 1.31. The van der Waals surface area contributed by atoms with E-state index in [1.54, 1.807) is 0 Å². The van der Waals surface area contributed by atoms with Crippen LogP contribution >= 0.6 is 0 Å². The Morgan fingerprint density at radius 1 is 1.35 bits per heavy atom. The van der Waals surface area contributed by atoms with Crippen molar-refractivity contribution in [2.75, 3.05) is 11.4 Å². The van der Waals surface area contributed by atoms with Gasteiger partial charge in [-0.05, 0) is 25.0 Å². The largest absolute Gasteiger partial charge is 0.481 e. The highest BCUT2D eigenvalue weighted by Crippen LogP contribution is 2.21. The molecule has 0 aliphatic rings. The second-order valence-corrected chi connectivity index (χ2v) is 4.82. The molecule has 1 amide bonds. The third-order valence-electron chi connectivity index (χ3n) is 3.14. The monoisotopic (exact) mass is 278 g/mol. The number of nitrogens with two attached hydrogens (primary N) is 1. The normalized spacial score (nSPS) is 11.9. The van der Waals surface area contributed by atoms with Gasteiger partial charge in [0.25, 0.3) is 0 Å². The number of hydrogen-bond donors (Lipinski definition) is 2. The SMILES string of the molecule is CCCC(N)C(=O)N(CCC(=O)O)c1ccccc1C. The molecule has 110 valence electrons. The maximum absolute atomic E-state index is 12.4. The summed E-state index contributed by atoms with van der Waals surface area (Å²) in [6.45, 7) is 3.99. The molecule has 20 heavy (non-hydrogen) atoms. The highest BCUT2D eigenvalue weighted by Gasteiger charge is 2.23. The van der Waals surface area contributed by atoms with E-state index in [0.717, 1.165) is 17.7 Å². The van der Waals surface area contributed by atoms with Crippen molar-refractivity contribution in [3.05, 3.63) is 29.8 Å². The molecule has 0 radical (unpaired) electrons. The van der Waals surface area contributed by atoms with Gasteiger partial charge in [-0.1, -0.05) is 31.5 Å². The number of carbonyl (C=O) groups excluding carboxylic acids is 1. The van der Waals surface area contributed by atoms with Crippen LogP contribution in [0.25, 0.3) is 0 Å². The number of aryl methyl sites for hydroxylation is 1. The van der Waals surface area contributed by atoms with Gasteiger partial charge in [-0.2, -0.15) is 0 Å². The van der Waals surface area contributed by atoms with Gasteiger partial charge in [0.15, 0.2) is 0 Å². The fourth-order valence-electron chi connectivity index (χ4n) is 2.06. The van der Waals surface area contributed by atoms with E-state index in [2.05, 4.69) is 0 Å². The second kappa shape index (κ2) is 7.65.